The third-order valence-corrected chi connectivity index (χ3v) is 4.44. The number of rotatable bonds is 6. The summed E-state index contributed by atoms with van der Waals surface area (Å²) in [7, 11) is 0. The van der Waals surface area contributed by atoms with Crippen LogP contribution in [0.25, 0.3) is 0 Å². The molecule has 0 aliphatic carbocycles. The summed E-state index contributed by atoms with van der Waals surface area (Å²) in [5.74, 6) is 0.403. The van der Waals surface area contributed by atoms with Crippen molar-refractivity contribution in [2.45, 2.75) is 36.4 Å². The first-order valence-electron chi connectivity index (χ1n) is 5.50. The second kappa shape index (κ2) is 7.40. The minimum Gasteiger partial charge on any atom is -0.392 e. The Hall–Kier alpha value is -0.200. The van der Waals surface area contributed by atoms with Gasteiger partial charge in [-0.05, 0) is 40.9 Å². The summed E-state index contributed by atoms with van der Waals surface area (Å²) in [5.41, 5.74) is 0. The lowest BCUT2D eigenvalue weighted by Gasteiger charge is -2.11. The Bertz CT molecular complexity index is 371. The van der Waals surface area contributed by atoms with Gasteiger partial charge in [-0.15, -0.1) is 11.8 Å². The van der Waals surface area contributed by atoms with Crippen molar-refractivity contribution in [2.24, 2.45) is 0 Å². The molecule has 0 spiro atoms. The fraction of sp³-hybridized carbons (Fsp3) is 0.500. The molecule has 0 fully saturated rings. The topological polar surface area (TPSA) is 20.2 Å². The van der Waals surface area contributed by atoms with Crippen molar-refractivity contribution in [2.75, 3.05) is 5.75 Å². The summed E-state index contributed by atoms with van der Waals surface area (Å²) in [4.78, 5) is 0.979. The molecule has 0 saturated carbocycles. The van der Waals surface area contributed by atoms with Crippen LogP contribution >= 0.6 is 27.7 Å². The molecule has 1 aromatic rings. The van der Waals surface area contributed by atoms with Crippen LogP contribution in [0.15, 0.2) is 33.6 Å². The van der Waals surface area contributed by atoms with E-state index in [2.05, 4.69) is 15.9 Å². The molecule has 1 rings (SSSR count). The summed E-state index contributed by atoms with van der Waals surface area (Å²) in [6.45, 7) is 0. The summed E-state index contributed by atoms with van der Waals surface area (Å²) < 4.78 is 36.7. The number of thioether (sulfide) groups is 1. The van der Waals surface area contributed by atoms with Crippen LogP contribution < -0.4 is 0 Å². The van der Waals surface area contributed by atoms with Gasteiger partial charge in [-0.2, -0.15) is 13.2 Å². The van der Waals surface area contributed by atoms with E-state index < -0.39 is 18.7 Å². The van der Waals surface area contributed by atoms with Crippen molar-refractivity contribution in [3.05, 3.63) is 28.7 Å². The molecule has 0 radical (unpaired) electrons. The molecule has 6 heteroatoms. The Kier molecular flexibility index (Phi) is 6.52. The van der Waals surface area contributed by atoms with E-state index in [1.807, 2.05) is 24.3 Å². The quantitative estimate of drug-likeness (QED) is 0.760. The average molecular weight is 343 g/mol. The highest BCUT2D eigenvalue weighted by atomic mass is 79.9. The fourth-order valence-corrected chi connectivity index (χ4v) is 2.92. The van der Waals surface area contributed by atoms with Crippen molar-refractivity contribution in [3.8, 4) is 0 Å². The Labute approximate surface area is 117 Å². The van der Waals surface area contributed by atoms with E-state index in [0.29, 0.717) is 5.75 Å². The molecule has 102 valence electrons. The predicted octanol–water partition coefficient (Wildman–Crippen LogP) is 4.63. The molecule has 18 heavy (non-hydrogen) atoms. The average Bonchev–Trinajstić information content (AvgIpc) is 2.26. The summed E-state index contributed by atoms with van der Waals surface area (Å²) >= 11 is 4.81. The summed E-state index contributed by atoms with van der Waals surface area (Å²) in [5, 5.41) is 9.59. The van der Waals surface area contributed by atoms with Crippen LogP contribution in [0.1, 0.15) is 19.3 Å². The molecule has 0 amide bonds. The van der Waals surface area contributed by atoms with Gasteiger partial charge in [0.2, 0.25) is 0 Å². The number of alkyl halides is 3. The largest absolute Gasteiger partial charge is 0.392 e. The van der Waals surface area contributed by atoms with Gasteiger partial charge >= 0.3 is 6.18 Å². The van der Waals surface area contributed by atoms with Crippen LogP contribution in [0.2, 0.25) is 0 Å². The van der Waals surface area contributed by atoms with Crippen LogP contribution in [-0.2, 0) is 0 Å². The first-order chi connectivity index (χ1) is 8.38. The van der Waals surface area contributed by atoms with Crippen LogP contribution in [0.5, 0.6) is 0 Å². The number of aliphatic hydroxyl groups is 1. The van der Waals surface area contributed by atoms with Gasteiger partial charge in [-0.25, -0.2) is 0 Å². The standard InChI is InChI=1S/C12H14BrF3OS/c13-10-5-1-2-6-11(10)18-8-9(17)4-3-7-12(14,15)16/h1-2,5-6,9,17H,3-4,7-8H2. The van der Waals surface area contributed by atoms with Gasteiger partial charge in [-0.3, -0.25) is 0 Å². The highest BCUT2D eigenvalue weighted by molar-refractivity contribution is 9.10. The molecule has 1 unspecified atom stereocenters. The van der Waals surface area contributed by atoms with Crippen LogP contribution in [0.3, 0.4) is 0 Å². The van der Waals surface area contributed by atoms with E-state index in [4.69, 9.17) is 0 Å². The van der Waals surface area contributed by atoms with Crippen molar-refractivity contribution >= 4 is 27.7 Å². The molecule has 0 heterocycles. The molecular formula is C12H14BrF3OS. The Morgan fingerprint density at radius 3 is 2.56 bits per heavy atom. The first-order valence-corrected chi connectivity index (χ1v) is 7.28. The van der Waals surface area contributed by atoms with Crippen molar-refractivity contribution in [1.29, 1.82) is 0 Å². The Balaban J connectivity index is 2.25. The van der Waals surface area contributed by atoms with Gasteiger partial charge in [0, 0.05) is 21.5 Å². The zero-order chi connectivity index (χ0) is 13.6. The first kappa shape index (κ1) is 15.9. The number of aliphatic hydroxyl groups excluding tert-OH is 1. The normalized spacial score (nSPS) is 13.6. The third-order valence-electron chi connectivity index (χ3n) is 2.27. The molecule has 0 aliphatic heterocycles. The maximum absolute atomic E-state index is 11.9. The lowest BCUT2D eigenvalue weighted by Crippen LogP contribution is -2.13. The van der Waals surface area contributed by atoms with Crippen molar-refractivity contribution in [3.63, 3.8) is 0 Å². The van der Waals surface area contributed by atoms with E-state index in [-0.39, 0.29) is 12.8 Å². The highest BCUT2D eigenvalue weighted by Crippen LogP contribution is 2.28. The van der Waals surface area contributed by atoms with Gasteiger partial charge in [0.1, 0.15) is 0 Å². The molecule has 0 aromatic heterocycles. The molecule has 1 nitrogen and oxygen atoms in total. The predicted molar refractivity (Wildman–Crippen MR) is 70.8 cm³/mol. The maximum atomic E-state index is 11.9. The second-order valence-corrected chi connectivity index (χ2v) is 5.82. The van der Waals surface area contributed by atoms with Crippen molar-refractivity contribution in [1.82, 2.24) is 0 Å². The number of halogens is 4. The van der Waals surface area contributed by atoms with Gasteiger partial charge < -0.3 is 5.11 Å². The van der Waals surface area contributed by atoms with Crippen LogP contribution in [-0.4, -0.2) is 23.1 Å². The van der Waals surface area contributed by atoms with E-state index in [0.717, 1.165) is 9.37 Å². The minimum absolute atomic E-state index is 0.0266. The van der Waals surface area contributed by atoms with Gasteiger partial charge in [0.15, 0.2) is 0 Å². The summed E-state index contributed by atoms with van der Waals surface area (Å²) in [6.07, 6.45) is -5.51. The monoisotopic (exact) mass is 342 g/mol. The highest BCUT2D eigenvalue weighted by Gasteiger charge is 2.26. The minimum atomic E-state index is -4.13. The van der Waals surface area contributed by atoms with Crippen molar-refractivity contribution < 1.29 is 18.3 Å². The number of hydrogen-bond donors (Lipinski definition) is 1. The van der Waals surface area contributed by atoms with Crippen LogP contribution in [0, 0.1) is 0 Å². The zero-order valence-electron chi connectivity index (χ0n) is 9.58. The van der Waals surface area contributed by atoms with Gasteiger partial charge in [-0.1, -0.05) is 12.1 Å². The number of hydrogen-bond acceptors (Lipinski definition) is 2. The molecule has 0 aliphatic rings. The zero-order valence-corrected chi connectivity index (χ0v) is 12.0. The van der Waals surface area contributed by atoms with Gasteiger partial charge in [0.05, 0.1) is 6.10 Å². The molecule has 0 bridgehead atoms. The number of benzene rings is 1. The molecule has 0 saturated heterocycles. The smallest absolute Gasteiger partial charge is 0.389 e. The second-order valence-electron chi connectivity index (χ2n) is 3.90. The van der Waals surface area contributed by atoms with E-state index in [1.165, 1.54) is 11.8 Å². The molecule has 1 atom stereocenters. The third kappa shape index (κ3) is 6.66. The van der Waals surface area contributed by atoms with Gasteiger partial charge in [0.25, 0.3) is 0 Å². The lowest BCUT2D eigenvalue weighted by atomic mass is 10.2. The maximum Gasteiger partial charge on any atom is 0.389 e. The summed E-state index contributed by atoms with van der Waals surface area (Å²) in [6, 6.07) is 7.55. The van der Waals surface area contributed by atoms with Crippen LogP contribution in [0.4, 0.5) is 13.2 Å². The molecule has 1 N–H and O–H groups in total. The SMILES string of the molecule is OC(CCCC(F)(F)F)CSc1ccccc1Br. The lowest BCUT2D eigenvalue weighted by molar-refractivity contribution is -0.136. The van der Waals surface area contributed by atoms with E-state index in [1.54, 1.807) is 0 Å². The fourth-order valence-electron chi connectivity index (χ4n) is 1.37. The Morgan fingerprint density at radius 1 is 1.28 bits per heavy atom. The van der Waals surface area contributed by atoms with E-state index >= 15 is 0 Å². The van der Waals surface area contributed by atoms with E-state index in [9.17, 15) is 18.3 Å². The molecule has 1 aromatic carbocycles. The molecular weight excluding hydrogens is 329 g/mol. The Morgan fingerprint density at radius 2 is 1.94 bits per heavy atom.